The van der Waals surface area contributed by atoms with Crippen LogP contribution in [0.2, 0.25) is 0 Å². The predicted octanol–water partition coefficient (Wildman–Crippen LogP) is 1.56. The van der Waals surface area contributed by atoms with Gasteiger partial charge in [-0.05, 0) is 33.6 Å². The fourth-order valence-electron chi connectivity index (χ4n) is 1.97. The second-order valence-electron chi connectivity index (χ2n) is 5.01. The molecule has 1 aliphatic heterocycles. The Morgan fingerprint density at radius 2 is 2.31 bits per heavy atom. The first-order valence-corrected chi connectivity index (χ1v) is 5.66. The molecule has 0 aromatic heterocycles. The second-order valence-corrected chi connectivity index (χ2v) is 5.01. The molecule has 4 heteroatoms. The van der Waals surface area contributed by atoms with Gasteiger partial charge in [-0.2, -0.15) is 0 Å². The molecular formula is C12H21NO3. The molecule has 0 bridgehead atoms. The minimum Gasteiger partial charge on any atom is -0.478 e. The molecule has 1 aliphatic rings. The van der Waals surface area contributed by atoms with Crippen LogP contribution in [-0.4, -0.2) is 35.9 Å². The van der Waals surface area contributed by atoms with E-state index in [1.165, 1.54) is 6.08 Å². The van der Waals surface area contributed by atoms with E-state index in [1.807, 2.05) is 6.92 Å². The van der Waals surface area contributed by atoms with Crippen molar-refractivity contribution >= 4 is 5.97 Å². The van der Waals surface area contributed by atoms with Gasteiger partial charge in [0, 0.05) is 25.3 Å². The van der Waals surface area contributed by atoms with Gasteiger partial charge >= 0.3 is 5.97 Å². The zero-order valence-corrected chi connectivity index (χ0v) is 10.2. The van der Waals surface area contributed by atoms with Crippen molar-refractivity contribution in [1.82, 2.24) is 5.32 Å². The summed E-state index contributed by atoms with van der Waals surface area (Å²) in [6.07, 6.45) is 3.20. The Balaban J connectivity index is 2.35. The number of nitrogens with one attached hydrogen (secondary N) is 1. The topological polar surface area (TPSA) is 58.6 Å². The van der Waals surface area contributed by atoms with Crippen LogP contribution in [0.15, 0.2) is 11.6 Å². The molecule has 0 saturated carbocycles. The van der Waals surface area contributed by atoms with Crippen LogP contribution in [0.1, 0.15) is 33.6 Å². The molecule has 0 aromatic carbocycles. The summed E-state index contributed by atoms with van der Waals surface area (Å²) in [7, 11) is 0. The molecule has 92 valence electrons. The number of hydrogen-bond acceptors (Lipinski definition) is 3. The lowest BCUT2D eigenvalue weighted by molar-refractivity contribution is -0.131. The number of aliphatic carboxylic acids is 1. The van der Waals surface area contributed by atoms with Gasteiger partial charge in [0.05, 0.1) is 5.60 Å². The van der Waals surface area contributed by atoms with Crippen LogP contribution in [0.4, 0.5) is 0 Å². The molecule has 1 saturated heterocycles. The van der Waals surface area contributed by atoms with Crippen LogP contribution in [0.25, 0.3) is 0 Å². The molecule has 1 heterocycles. The first-order valence-electron chi connectivity index (χ1n) is 5.66. The Kier molecular flexibility index (Phi) is 4.50. The standard InChI is InChI=1S/C12H21NO3/c1-9(6-11(14)15)8-13-10-4-5-16-12(2,3)7-10/h6,10,13H,4-5,7-8H2,1-3H3,(H,14,15). The van der Waals surface area contributed by atoms with E-state index < -0.39 is 5.97 Å². The maximum atomic E-state index is 10.4. The molecule has 4 nitrogen and oxygen atoms in total. The van der Waals surface area contributed by atoms with E-state index in [-0.39, 0.29) is 5.60 Å². The van der Waals surface area contributed by atoms with Crippen LogP contribution in [0.3, 0.4) is 0 Å². The third kappa shape index (κ3) is 4.77. The van der Waals surface area contributed by atoms with Crippen molar-refractivity contribution in [2.45, 2.75) is 45.3 Å². The Morgan fingerprint density at radius 1 is 1.62 bits per heavy atom. The number of carbonyl (C=O) groups is 1. The SMILES string of the molecule is CC(=CC(=O)O)CNC1CCOC(C)(C)C1. The number of carboxylic acid groups (broad SMARTS) is 1. The Bertz CT molecular complexity index is 284. The monoisotopic (exact) mass is 227 g/mol. The fourth-order valence-corrected chi connectivity index (χ4v) is 1.97. The molecule has 1 atom stereocenters. The minimum absolute atomic E-state index is 0.0691. The summed E-state index contributed by atoms with van der Waals surface area (Å²) >= 11 is 0. The van der Waals surface area contributed by atoms with Crippen molar-refractivity contribution in [3.05, 3.63) is 11.6 Å². The third-order valence-electron chi connectivity index (χ3n) is 2.74. The van der Waals surface area contributed by atoms with Gasteiger partial charge in [0.15, 0.2) is 0 Å². The van der Waals surface area contributed by atoms with Crippen molar-refractivity contribution in [3.63, 3.8) is 0 Å². The van der Waals surface area contributed by atoms with Gasteiger partial charge in [0.1, 0.15) is 0 Å². The minimum atomic E-state index is -0.883. The highest BCUT2D eigenvalue weighted by Gasteiger charge is 2.28. The summed E-state index contributed by atoms with van der Waals surface area (Å²) in [6, 6.07) is 0.417. The van der Waals surface area contributed by atoms with Crippen molar-refractivity contribution in [3.8, 4) is 0 Å². The van der Waals surface area contributed by atoms with Gasteiger partial charge < -0.3 is 15.2 Å². The van der Waals surface area contributed by atoms with Crippen molar-refractivity contribution in [2.24, 2.45) is 0 Å². The molecule has 0 aromatic rings. The first-order chi connectivity index (χ1) is 7.39. The average Bonchev–Trinajstić information content (AvgIpc) is 2.12. The molecule has 16 heavy (non-hydrogen) atoms. The highest BCUT2D eigenvalue weighted by Crippen LogP contribution is 2.23. The summed E-state index contributed by atoms with van der Waals surface area (Å²) in [5, 5.41) is 12.0. The zero-order valence-electron chi connectivity index (χ0n) is 10.2. The normalized spacial score (nSPS) is 25.4. The summed E-state index contributed by atoms with van der Waals surface area (Å²) in [5.74, 6) is -0.883. The third-order valence-corrected chi connectivity index (χ3v) is 2.74. The van der Waals surface area contributed by atoms with Gasteiger partial charge in [-0.25, -0.2) is 4.79 Å². The molecule has 0 radical (unpaired) electrons. The summed E-state index contributed by atoms with van der Waals surface area (Å²) in [5.41, 5.74) is 0.775. The smallest absolute Gasteiger partial charge is 0.328 e. The van der Waals surface area contributed by atoms with E-state index in [0.29, 0.717) is 12.6 Å². The molecule has 0 spiro atoms. The lowest BCUT2D eigenvalue weighted by atomic mass is 9.94. The highest BCUT2D eigenvalue weighted by molar-refractivity contribution is 5.80. The summed E-state index contributed by atoms with van der Waals surface area (Å²) < 4.78 is 5.62. The zero-order chi connectivity index (χ0) is 12.2. The molecule has 1 unspecified atom stereocenters. The van der Waals surface area contributed by atoms with Crippen molar-refractivity contribution in [1.29, 1.82) is 0 Å². The predicted molar refractivity (Wildman–Crippen MR) is 62.4 cm³/mol. The van der Waals surface area contributed by atoms with Gasteiger partial charge in [0.2, 0.25) is 0 Å². The fraction of sp³-hybridized carbons (Fsp3) is 0.750. The molecule has 1 fully saturated rings. The van der Waals surface area contributed by atoms with Crippen molar-refractivity contribution < 1.29 is 14.6 Å². The molecule has 0 aliphatic carbocycles. The van der Waals surface area contributed by atoms with Crippen LogP contribution in [0, 0.1) is 0 Å². The Morgan fingerprint density at radius 3 is 2.88 bits per heavy atom. The molecule has 1 rings (SSSR count). The van der Waals surface area contributed by atoms with Crippen LogP contribution >= 0.6 is 0 Å². The van der Waals surface area contributed by atoms with Crippen LogP contribution in [-0.2, 0) is 9.53 Å². The summed E-state index contributed by atoms with van der Waals surface area (Å²) in [6.45, 7) is 7.40. The maximum absolute atomic E-state index is 10.4. The van der Waals surface area contributed by atoms with Crippen LogP contribution in [0.5, 0.6) is 0 Å². The number of carboxylic acids is 1. The quantitative estimate of drug-likeness (QED) is 0.716. The Labute approximate surface area is 96.7 Å². The Hall–Kier alpha value is -0.870. The highest BCUT2D eigenvalue weighted by atomic mass is 16.5. The van der Waals surface area contributed by atoms with E-state index in [1.54, 1.807) is 0 Å². The molecule has 2 N–H and O–H groups in total. The maximum Gasteiger partial charge on any atom is 0.328 e. The average molecular weight is 227 g/mol. The van der Waals surface area contributed by atoms with E-state index in [2.05, 4.69) is 19.2 Å². The van der Waals surface area contributed by atoms with Gasteiger partial charge in [-0.3, -0.25) is 0 Å². The van der Waals surface area contributed by atoms with Crippen LogP contribution < -0.4 is 5.32 Å². The number of hydrogen-bond donors (Lipinski definition) is 2. The lowest BCUT2D eigenvalue weighted by Gasteiger charge is -2.36. The van der Waals surface area contributed by atoms with Gasteiger partial charge in [0.25, 0.3) is 0 Å². The van der Waals surface area contributed by atoms with E-state index in [4.69, 9.17) is 9.84 Å². The van der Waals surface area contributed by atoms with Gasteiger partial charge in [-0.1, -0.05) is 5.57 Å². The first kappa shape index (κ1) is 13.2. The number of ether oxygens (including phenoxy) is 1. The van der Waals surface area contributed by atoms with E-state index in [0.717, 1.165) is 25.0 Å². The summed E-state index contributed by atoms with van der Waals surface area (Å²) in [4.78, 5) is 10.4. The van der Waals surface area contributed by atoms with E-state index in [9.17, 15) is 4.79 Å². The van der Waals surface area contributed by atoms with E-state index >= 15 is 0 Å². The second kappa shape index (κ2) is 5.46. The van der Waals surface area contributed by atoms with Gasteiger partial charge in [-0.15, -0.1) is 0 Å². The van der Waals surface area contributed by atoms with Crippen molar-refractivity contribution in [2.75, 3.05) is 13.2 Å². The lowest BCUT2D eigenvalue weighted by Crippen LogP contribution is -2.44. The molecule has 0 amide bonds. The molecular weight excluding hydrogens is 206 g/mol. The number of rotatable bonds is 4. The largest absolute Gasteiger partial charge is 0.478 e.